The zero-order chi connectivity index (χ0) is 11.5. The molecular weight excluding hydrogens is 230 g/mol. The zero-order valence-electron chi connectivity index (χ0n) is 9.15. The lowest BCUT2D eigenvalue weighted by Gasteiger charge is -1.95. The van der Waals surface area contributed by atoms with Gasteiger partial charge < -0.3 is 0 Å². The van der Waals surface area contributed by atoms with Crippen molar-refractivity contribution in [2.24, 2.45) is 0 Å². The lowest BCUT2D eigenvalue weighted by atomic mass is 10.3. The molecule has 4 heteroatoms. The molecule has 3 rings (SSSR count). The molecule has 0 unspecified atom stereocenters. The highest BCUT2D eigenvalue weighted by Gasteiger charge is 2.00. The fraction of sp³-hybridized carbons (Fsp3) is 0.0769. The predicted molar refractivity (Wildman–Crippen MR) is 70.9 cm³/mol. The number of rotatable bonds is 3. The van der Waals surface area contributed by atoms with E-state index in [2.05, 4.69) is 40.0 Å². The fourth-order valence-corrected chi connectivity index (χ4v) is 2.35. The first-order valence-electron chi connectivity index (χ1n) is 5.42. The second kappa shape index (κ2) is 4.51. The van der Waals surface area contributed by atoms with E-state index in [0.29, 0.717) is 0 Å². The normalized spacial score (nSPS) is 11.5. The van der Waals surface area contributed by atoms with Crippen molar-refractivity contribution in [2.45, 2.75) is 6.54 Å². The molecule has 0 aliphatic heterocycles. The van der Waals surface area contributed by atoms with Gasteiger partial charge in [-0.15, -0.1) is 16.4 Å². The molecule has 3 nitrogen and oxygen atoms in total. The summed E-state index contributed by atoms with van der Waals surface area (Å²) in [6.07, 6.45) is 4.22. The molecule has 0 radical (unpaired) electrons. The molecule has 0 N–H and O–H groups in total. The molecule has 2 aromatic heterocycles. The smallest absolute Gasteiger partial charge is 0.113 e. The molecule has 0 aliphatic carbocycles. The lowest BCUT2D eigenvalue weighted by molar-refractivity contribution is 0.684. The molecule has 0 fully saturated rings. The van der Waals surface area contributed by atoms with Gasteiger partial charge in [-0.05, 0) is 29.7 Å². The van der Waals surface area contributed by atoms with Crippen LogP contribution in [-0.2, 0) is 6.54 Å². The molecule has 0 spiro atoms. The van der Waals surface area contributed by atoms with E-state index in [1.54, 1.807) is 11.3 Å². The average molecular weight is 241 g/mol. The van der Waals surface area contributed by atoms with E-state index in [0.717, 1.165) is 17.6 Å². The number of hydrogen-bond acceptors (Lipinski definition) is 3. The van der Waals surface area contributed by atoms with Crippen molar-refractivity contribution >= 4 is 28.4 Å². The quantitative estimate of drug-likeness (QED) is 0.705. The van der Waals surface area contributed by atoms with Gasteiger partial charge in [0.1, 0.15) is 5.52 Å². The summed E-state index contributed by atoms with van der Waals surface area (Å²) >= 11 is 1.73. The Balaban J connectivity index is 1.81. The highest BCUT2D eigenvalue weighted by atomic mass is 32.1. The van der Waals surface area contributed by atoms with Gasteiger partial charge in [-0.2, -0.15) is 0 Å². The summed E-state index contributed by atoms with van der Waals surface area (Å²) < 4.78 is 1.90. The van der Waals surface area contributed by atoms with Gasteiger partial charge >= 0.3 is 0 Å². The van der Waals surface area contributed by atoms with Crippen LogP contribution >= 0.6 is 11.3 Å². The molecule has 0 saturated heterocycles. The van der Waals surface area contributed by atoms with Crippen LogP contribution in [0.5, 0.6) is 0 Å². The van der Waals surface area contributed by atoms with Crippen LogP contribution in [-0.4, -0.2) is 15.0 Å². The van der Waals surface area contributed by atoms with Crippen molar-refractivity contribution in [1.82, 2.24) is 15.0 Å². The van der Waals surface area contributed by atoms with Crippen LogP contribution in [0.4, 0.5) is 0 Å². The van der Waals surface area contributed by atoms with Crippen molar-refractivity contribution in [3.05, 3.63) is 52.7 Å². The van der Waals surface area contributed by atoms with Crippen molar-refractivity contribution in [2.75, 3.05) is 0 Å². The first-order valence-corrected chi connectivity index (χ1v) is 6.30. The molecular formula is C13H11N3S. The Morgan fingerprint density at radius 1 is 1.18 bits per heavy atom. The molecule has 0 amide bonds. The number of allylic oxidation sites excluding steroid dienone is 1. The summed E-state index contributed by atoms with van der Waals surface area (Å²) in [5, 5.41) is 10.3. The monoisotopic (exact) mass is 241 g/mol. The topological polar surface area (TPSA) is 30.7 Å². The van der Waals surface area contributed by atoms with Crippen LogP contribution in [0, 0.1) is 0 Å². The first kappa shape index (κ1) is 10.2. The third-order valence-electron chi connectivity index (χ3n) is 2.52. The third-order valence-corrected chi connectivity index (χ3v) is 3.36. The SMILES string of the molecule is C(=Cc1cccs1)Cn1nnc2ccccc21. The molecule has 0 aliphatic rings. The first-order chi connectivity index (χ1) is 8.43. The molecule has 84 valence electrons. The minimum atomic E-state index is 0.748. The maximum absolute atomic E-state index is 4.13. The molecule has 0 saturated carbocycles. The Kier molecular flexibility index (Phi) is 2.71. The van der Waals surface area contributed by atoms with E-state index in [1.165, 1.54) is 4.88 Å². The number of para-hydroxylation sites is 1. The van der Waals surface area contributed by atoms with Crippen LogP contribution < -0.4 is 0 Å². The fourth-order valence-electron chi connectivity index (χ4n) is 1.71. The van der Waals surface area contributed by atoms with E-state index in [1.807, 2.05) is 28.9 Å². The Morgan fingerprint density at radius 3 is 3.00 bits per heavy atom. The highest BCUT2D eigenvalue weighted by molar-refractivity contribution is 7.10. The van der Waals surface area contributed by atoms with Gasteiger partial charge in [-0.25, -0.2) is 4.68 Å². The van der Waals surface area contributed by atoms with Crippen molar-refractivity contribution in [1.29, 1.82) is 0 Å². The summed E-state index contributed by atoms with van der Waals surface area (Å²) in [7, 11) is 0. The van der Waals surface area contributed by atoms with E-state index >= 15 is 0 Å². The van der Waals surface area contributed by atoms with Gasteiger partial charge in [0.05, 0.1) is 12.1 Å². The van der Waals surface area contributed by atoms with Crippen LogP contribution in [0.25, 0.3) is 17.1 Å². The lowest BCUT2D eigenvalue weighted by Crippen LogP contribution is -1.96. The van der Waals surface area contributed by atoms with E-state index in [4.69, 9.17) is 0 Å². The number of thiophene rings is 1. The van der Waals surface area contributed by atoms with Crippen molar-refractivity contribution in [3.8, 4) is 0 Å². The van der Waals surface area contributed by atoms with Crippen LogP contribution in [0.3, 0.4) is 0 Å². The number of aromatic nitrogens is 3. The van der Waals surface area contributed by atoms with Gasteiger partial charge in [-0.1, -0.05) is 29.5 Å². The number of nitrogens with zero attached hydrogens (tertiary/aromatic N) is 3. The zero-order valence-corrected chi connectivity index (χ0v) is 9.97. The van der Waals surface area contributed by atoms with Gasteiger partial charge in [-0.3, -0.25) is 0 Å². The van der Waals surface area contributed by atoms with Crippen LogP contribution in [0.2, 0.25) is 0 Å². The second-order valence-electron chi connectivity index (χ2n) is 3.68. The molecule has 17 heavy (non-hydrogen) atoms. The van der Waals surface area contributed by atoms with E-state index in [-0.39, 0.29) is 0 Å². The maximum Gasteiger partial charge on any atom is 0.113 e. The highest BCUT2D eigenvalue weighted by Crippen LogP contribution is 2.12. The molecule has 1 aromatic carbocycles. The summed E-state index contributed by atoms with van der Waals surface area (Å²) in [5.41, 5.74) is 2.01. The Labute approximate surface area is 103 Å². The largest absolute Gasteiger partial charge is 0.241 e. The Morgan fingerprint density at radius 2 is 2.12 bits per heavy atom. The molecule has 0 atom stereocenters. The summed E-state index contributed by atoms with van der Waals surface area (Å²) in [6.45, 7) is 0.748. The summed E-state index contributed by atoms with van der Waals surface area (Å²) in [6, 6.07) is 12.1. The molecule has 0 bridgehead atoms. The number of hydrogen-bond donors (Lipinski definition) is 0. The second-order valence-corrected chi connectivity index (χ2v) is 4.66. The van der Waals surface area contributed by atoms with Crippen molar-refractivity contribution < 1.29 is 0 Å². The maximum atomic E-state index is 4.13. The minimum Gasteiger partial charge on any atom is -0.241 e. The predicted octanol–water partition coefficient (Wildman–Crippen LogP) is 3.21. The molecule has 2 heterocycles. The average Bonchev–Trinajstić information content (AvgIpc) is 2.99. The van der Waals surface area contributed by atoms with Gasteiger partial charge in [0.25, 0.3) is 0 Å². The Hall–Kier alpha value is -1.94. The number of fused-ring (bicyclic) bond motifs is 1. The summed E-state index contributed by atoms with van der Waals surface area (Å²) in [4.78, 5) is 1.26. The Bertz CT molecular complexity index is 638. The molecule has 3 aromatic rings. The standard InChI is InChI=1S/C13H11N3S/c1-2-8-13-12(7-1)14-15-16(13)9-3-5-11-6-4-10-17-11/h1-8,10H,9H2. The van der Waals surface area contributed by atoms with Gasteiger partial charge in [0, 0.05) is 4.88 Å². The van der Waals surface area contributed by atoms with Crippen LogP contribution in [0.15, 0.2) is 47.9 Å². The van der Waals surface area contributed by atoms with Crippen LogP contribution in [0.1, 0.15) is 4.88 Å². The summed E-state index contributed by atoms with van der Waals surface area (Å²) in [5.74, 6) is 0. The van der Waals surface area contributed by atoms with E-state index < -0.39 is 0 Å². The minimum absolute atomic E-state index is 0.748. The van der Waals surface area contributed by atoms with E-state index in [9.17, 15) is 0 Å². The third kappa shape index (κ3) is 2.12. The van der Waals surface area contributed by atoms with Crippen molar-refractivity contribution in [3.63, 3.8) is 0 Å². The van der Waals surface area contributed by atoms with Gasteiger partial charge in [0.2, 0.25) is 0 Å². The number of benzene rings is 1. The van der Waals surface area contributed by atoms with Gasteiger partial charge in [0.15, 0.2) is 0 Å².